The normalized spacial score (nSPS) is 11.3. The Morgan fingerprint density at radius 1 is 1.09 bits per heavy atom. The average molecular weight is 326 g/mol. The average Bonchev–Trinajstić information content (AvgIpc) is 3.04. The summed E-state index contributed by atoms with van der Waals surface area (Å²) >= 11 is 1.67. The maximum absolute atomic E-state index is 4.48. The lowest BCUT2D eigenvalue weighted by Crippen LogP contribution is -2.28. The van der Waals surface area contributed by atoms with Crippen molar-refractivity contribution in [2.75, 3.05) is 31.5 Å². The van der Waals surface area contributed by atoms with E-state index in [1.807, 2.05) is 6.07 Å². The second-order valence-electron chi connectivity index (χ2n) is 5.37. The minimum absolute atomic E-state index is 0.887. The number of benzene rings is 1. The molecule has 0 saturated heterocycles. The molecule has 0 radical (unpaired) electrons. The Kier molecular flexibility index (Phi) is 5.20. The first-order valence-corrected chi connectivity index (χ1v) is 8.95. The van der Waals surface area contributed by atoms with Crippen molar-refractivity contribution in [1.82, 2.24) is 14.9 Å². The second-order valence-corrected chi connectivity index (χ2v) is 6.23. The van der Waals surface area contributed by atoms with E-state index in [0.29, 0.717) is 0 Å². The lowest BCUT2D eigenvalue weighted by Gasteiger charge is -2.18. The lowest BCUT2D eigenvalue weighted by molar-refractivity contribution is 0.316. The zero-order valence-corrected chi connectivity index (χ0v) is 14.4. The molecule has 0 aliphatic rings. The van der Waals surface area contributed by atoms with Crippen LogP contribution < -0.4 is 5.32 Å². The van der Waals surface area contributed by atoms with Crippen LogP contribution in [0.3, 0.4) is 0 Å². The van der Waals surface area contributed by atoms with E-state index >= 15 is 0 Å². The van der Waals surface area contributed by atoms with Gasteiger partial charge in [0.05, 0.1) is 5.39 Å². The van der Waals surface area contributed by atoms with Gasteiger partial charge in [0.25, 0.3) is 0 Å². The van der Waals surface area contributed by atoms with Crippen molar-refractivity contribution in [3.05, 3.63) is 42.0 Å². The number of aromatic nitrogens is 2. The van der Waals surface area contributed by atoms with Crippen LogP contribution in [0.2, 0.25) is 0 Å². The van der Waals surface area contributed by atoms with Crippen molar-refractivity contribution >= 4 is 27.4 Å². The molecule has 0 amide bonds. The molecular formula is C18H22N4S. The first kappa shape index (κ1) is 15.9. The molecule has 5 heteroatoms. The molecule has 0 atom stereocenters. The van der Waals surface area contributed by atoms with Crippen LogP contribution in [0.25, 0.3) is 21.3 Å². The molecule has 0 bridgehead atoms. The Balaban J connectivity index is 1.87. The summed E-state index contributed by atoms with van der Waals surface area (Å²) in [5.74, 6) is 0.933. The van der Waals surface area contributed by atoms with Crippen molar-refractivity contribution in [3.63, 3.8) is 0 Å². The Bertz CT molecular complexity index is 750. The summed E-state index contributed by atoms with van der Waals surface area (Å²) in [6.07, 6.45) is 1.65. The Hall–Kier alpha value is -1.98. The largest absolute Gasteiger partial charge is 0.368 e. The fraction of sp³-hybridized carbons (Fsp3) is 0.333. The SMILES string of the molecule is CCN(CC)CCNc1ncnc2scc(-c3ccccc3)c12. The number of anilines is 1. The number of hydrogen-bond acceptors (Lipinski definition) is 5. The van der Waals surface area contributed by atoms with Gasteiger partial charge in [-0.3, -0.25) is 0 Å². The third kappa shape index (κ3) is 3.51. The van der Waals surface area contributed by atoms with E-state index in [0.717, 1.165) is 42.2 Å². The third-order valence-corrected chi connectivity index (χ3v) is 4.96. The fourth-order valence-corrected chi connectivity index (χ4v) is 3.63. The summed E-state index contributed by atoms with van der Waals surface area (Å²) in [4.78, 5) is 12.3. The van der Waals surface area contributed by atoms with Crippen LogP contribution in [0.4, 0.5) is 5.82 Å². The van der Waals surface area contributed by atoms with Gasteiger partial charge in [0, 0.05) is 24.0 Å². The van der Waals surface area contributed by atoms with E-state index in [9.17, 15) is 0 Å². The van der Waals surface area contributed by atoms with Crippen LogP contribution in [-0.2, 0) is 0 Å². The molecule has 4 nitrogen and oxygen atoms in total. The van der Waals surface area contributed by atoms with Crippen molar-refractivity contribution in [3.8, 4) is 11.1 Å². The van der Waals surface area contributed by atoms with Gasteiger partial charge in [-0.2, -0.15) is 0 Å². The van der Waals surface area contributed by atoms with Crippen LogP contribution in [0.1, 0.15) is 13.8 Å². The van der Waals surface area contributed by atoms with Gasteiger partial charge in [0.15, 0.2) is 0 Å². The number of nitrogens with one attached hydrogen (secondary N) is 1. The smallest absolute Gasteiger partial charge is 0.138 e. The minimum Gasteiger partial charge on any atom is -0.368 e. The molecule has 0 aliphatic carbocycles. The van der Waals surface area contributed by atoms with Gasteiger partial charge in [-0.25, -0.2) is 9.97 Å². The van der Waals surface area contributed by atoms with Gasteiger partial charge in [-0.15, -0.1) is 11.3 Å². The molecule has 3 rings (SSSR count). The maximum atomic E-state index is 4.48. The molecule has 1 aromatic carbocycles. The third-order valence-electron chi connectivity index (χ3n) is 4.07. The summed E-state index contributed by atoms with van der Waals surface area (Å²) in [6.45, 7) is 8.44. The predicted octanol–water partition coefficient (Wildman–Crippen LogP) is 4.11. The van der Waals surface area contributed by atoms with Gasteiger partial charge >= 0.3 is 0 Å². The van der Waals surface area contributed by atoms with E-state index in [1.54, 1.807) is 17.7 Å². The summed E-state index contributed by atoms with van der Waals surface area (Å²) in [5, 5.41) is 6.80. The molecule has 3 aromatic rings. The van der Waals surface area contributed by atoms with Gasteiger partial charge < -0.3 is 10.2 Å². The minimum atomic E-state index is 0.887. The zero-order valence-electron chi connectivity index (χ0n) is 13.6. The number of nitrogens with zero attached hydrogens (tertiary/aromatic N) is 3. The molecule has 0 saturated carbocycles. The highest BCUT2D eigenvalue weighted by Crippen LogP contribution is 2.36. The van der Waals surface area contributed by atoms with Crippen LogP contribution in [0.15, 0.2) is 42.0 Å². The second kappa shape index (κ2) is 7.53. The van der Waals surface area contributed by atoms with Gasteiger partial charge in [-0.1, -0.05) is 44.2 Å². The molecule has 0 aliphatic heterocycles. The van der Waals surface area contributed by atoms with E-state index < -0.39 is 0 Å². The number of hydrogen-bond donors (Lipinski definition) is 1. The molecule has 23 heavy (non-hydrogen) atoms. The highest BCUT2D eigenvalue weighted by molar-refractivity contribution is 7.17. The van der Waals surface area contributed by atoms with E-state index in [4.69, 9.17) is 0 Å². The number of rotatable bonds is 7. The van der Waals surface area contributed by atoms with Gasteiger partial charge in [0.1, 0.15) is 17.0 Å². The van der Waals surface area contributed by atoms with Crippen LogP contribution >= 0.6 is 11.3 Å². The highest BCUT2D eigenvalue weighted by atomic mass is 32.1. The van der Waals surface area contributed by atoms with Crippen LogP contribution in [0.5, 0.6) is 0 Å². The standard InChI is InChI=1S/C18H22N4S/c1-3-22(4-2)11-10-19-17-16-15(14-8-6-5-7-9-14)12-23-18(16)21-13-20-17/h5-9,12-13H,3-4,10-11H2,1-2H3,(H,19,20,21). The molecule has 2 heterocycles. The summed E-state index contributed by atoms with van der Waals surface area (Å²) in [7, 11) is 0. The molecule has 0 spiro atoms. The van der Waals surface area contributed by atoms with Crippen molar-refractivity contribution in [2.24, 2.45) is 0 Å². The van der Waals surface area contributed by atoms with Crippen molar-refractivity contribution < 1.29 is 0 Å². The number of thiophene rings is 1. The van der Waals surface area contributed by atoms with E-state index in [-0.39, 0.29) is 0 Å². The summed E-state index contributed by atoms with van der Waals surface area (Å²) in [6, 6.07) is 10.4. The zero-order chi connectivity index (χ0) is 16.1. The van der Waals surface area contributed by atoms with Gasteiger partial charge in [0.2, 0.25) is 0 Å². The lowest BCUT2D eigenvalue weighted by atomic mass is 10.1. The monoisotopic (exact) mass is 326 g/mol. The maximum Gasteiger partial charge on any atom is 0.138 e. The van der Waals surface area contributed by atoms with Gasteiger partial charge in [-0.05, 0) is 18.7 Å². The molecule has 0 fully saturated rings. The molecule has 1 N–H and O–H groups in total. The first-order valence-electron chi connectivity index (χ1n) is 8.07. The number of likely N-dealkylation sites (N-methyl/N-ethyl adjacent to an activating group) is 1. The molecule has 2 aromatic heterocycles. The quantitative estimate of drug-likeness (QED) is 0.709. The van der Waals surface area contributed by atoms with E-state index in [2.05, 4.69) is 63.7 Å². The Morgan fingerprint density at radius 3 is 2.61 bits per heavy atom. The number of fused-ring (bicyclic) bond motifs is 1. The molecule has 0 unspecified atom stereocenters. The van der Waals surface area contributed by atoms with Crippen LogP contribution in [-0.4, -0.2) is 41.0 Å². The summed E-state index contributed by atoms with van der Waals surface area (Å²) in [5.41, 5.74) is 2.41. The van der Waals surface area contributed by atoms with Crippen molar-refractivity contribution in [2.45, 2.75) is 13.8 Å². The van der Waals surface area contributed by atoms with Crippen molar-refractivity contribution in [1.29, 1.82) is 0 Å². The van der Waals surface area contributed by atoms with E-state index in [1.165, 1.54) is 11.1 Å². The highest BCUT2D eigenvalue weighted by Gasteiger charge is 2.12. The topological polar surface area (TPSA) is 41.0 Å². The first-order chi connectivity index (χ1) is 11.3. The Labute approximate surface area is 141 Å². The summed E-state index contributed by atoms with van der Waals surface area (Å²) < 4.78 is 0. The fourth-order valence-electron chi connectivity index (χ4n) is 2.71. The predicted molar refractivity (Wildman–Crippen MR) is 99.1 cm³/mol. The Morgan fingerprint density at radius 2 is 1.87 bits per heavy atom. The molecule has 120 valence electrons. The van der Waals surface area contributed by atoms with Crippen LogP contribution in [0, 0.1) is 0 Å². The molecular weight excluding hydrogens is 304 g/mol.